The highest BCUT2D eigenvalue weighted by atomic mass is 16.5. The first-order valence-electron chi connectivity index (χ1n) is 9.08. The number of ether oxygens (including phenoxy) is 1. The van der Waals surface area contributed by atoms with E-state index in [0.717, 1.165) is 31.2 Å². The lowest BCUT2D eigenvalue weighted by atomic mass is 9.95. The molecule has 1 saturated carbocycles. The molecule has 0 radical (unpaired) electrons. The minimum Gasteiger partial charge on any atom is -0.469 e. The Hall–Kier alpha value is -3.03. The minimum atomic E-state index is -0.456. The number of rotatable bonds is 4. The second-order valence-corrected chi connectivity index (χ2v) is 6.50. The zero-order valence-corrected chi connectivity index (χ0v) is 15.2. The molecule has 8 nitrogen and oxygen atoms in total. The Morgan fingerprint density at radius 2 is 1.89 bits per heavy atom. The highest BCUT2D eigenvalue weighted by Gasteiger charge is 2.31. The number of hydrogen-bond acceptors (Lipinski definition) is 6. The summed E-state index contributed by atoms with van der Waals surface area (Å²) in [7, 11) is 1.37. The Balaban J connectivity index is 1.67. The highest BCUT2D eigenvalue weighted by molar-refractivity contribution is 5.88. The van der Waals surface area contributed by atoms with Crippen molar-refractivity contribution in [1.29, 1.82) is 0 Å². The van der Waals surface area contributed by atoms with Crippen LogP contribution in [0.15, 0.2) is 36.5 Å². The number of benzene rings is 1. The van der Waals surface area contributed by atoms with E-state index in [-0.39, 0.29) is 23.9 Å². The van der Waals surface area contributed by atoms with Gasteiger partial charge in [0.15, 0.2) is 0 Å². The van der Waals surface area contributed by atoms with Gasteiger partial charge in [0.05, 0.1) is 24.9 Å². The van der Waals surface area contributed by atoms with Crippen molar-refractivity contribution in [3.05, 3.63) is 36.5 Å². The van der Waals surface area contributed by atoms with Crippen molar-refractivity contribution in [3.8, 4) is 11.3 Å². The zero-order valence-electron chi connectivity index (χ0n) is 15.2. The maximum Gasteiger partial charge on any atom is 0.321 e. The number of nitrogens with zero attached hydrogens (tertiary/aromatic N) is 3. The molecule has 0 bridgehead atoms. The Labute approximate surface area is 157 Å². The first-order valence-corrected chi connectivity index (χ1v) is 9.08. The fourth-order valence-electron chi connectivity index (χ4n) is 3.32. The van der Waals surface area contributed by atoms with E-state index in [4.69, 9.17) is 4.74 Å². The minimum absolute atomic E-state index is 0.108. The van der Waals surface area contributed by atoms with Crippen LogP contribution in [-0.4, -0.2) is 40.3 Å². The lowest BCUT2D eigenvalue weighted by Gasteiger charge is -2.24. The van der Waals surface area contributed by atoms with Gasteiger partial charge in [0.25, 0.3) is 5.95 Å². The Bertz CT molecular complexity index is 784. The van der Waals surface area contributed by atoms with Crippen molar-refractivity contribution < 1.29 is 14.3 Å². The number of methoxy groups -OCH3 is 1. The van der Waals surface area contributed by atoms with Crippen LogP contribution in [0.2, 0.25) is 0 Å². The molecule has 1 heterocycles. The molecule has 142 valence electrons. The van der Waals surface area contributed by atoms with Gasteiger partial charge < -0.3 is 10.1 Å². The van der Waals surface area contributed by atoms with E-state index < -0.39 is 6.03 Å². The Kier molecular flexibility index (Phi) is 6.30. The van der Waals surface area contributed by atoms with Crippen molar-refractivity contribution in [2.24, 2.45) is 5.92 Å². The van der Waals surface area contributed by atoms with Gasteiger partial charge >= 0.3 is 12.0 Å². The summed E-state index contributed by atoms with van der Waals surface area (Å²) in [5.41, 5.74) is 1.49. The number of nitrogens with one attached hydrogen (secondary N) is 2. The number of anilines is 1. The lowest BCUT2D eigenvalue weighted by molar-refractivity contribution is -0.146. The maximum atomic E-state index is 12.4. The predicted octanol–water partition coefficient (Wildman–Crippen LogP) is 2.78. The SMILES string of the molecule is COC(=O)[C@@H]1CCCCC[C@@H]1NC(=O)Nc1nncc(-c2ccccc2)n1. The van der Waals surface area contributed by atoms with Crippen LogP contribution in [0.25, 0.3) is 11.3 Å². The van der Waals surface area contributed by atoms with E-state index in [2.05, 4.69) is 25.8 Å². The molecule has 0 spiro atoms. The van der Waals surface area contributed by atoms with Gasteiger partial charge in [-0.25, -0.2) is 9.78 Å². The van der Waals surface area contributed by atoms with E-state index in [0.29, 0.717) is 12.1 Å². The van der Waals surface area contributed by atoms with Crippen molar-refractivity contribution in [2.75, 3.05) is 12.4 Å². The van der Waals surface area contributed by atoms with Gasteiger partial charge in [0.2, 0.25) is 0 Å². The first-order chi connectivity index (χ1) is 13.2. The van der Waals surface area contributed by atoms with Gasteiger partial charge in [-0.05, 0) is 12.8 Å². The number of hydrogen-bond donors (Lipinski definition) is 2. The van der Waals surface area contributed by atoms with E-state index in [1.165, 1.54) is 13.3 Å². The number of urea groups is 1. The summed E-state index contributed by atoms with van der Waals surface area (Å²) in [6.07, 6.45) is 5.93. The van der Waals surface area contributed by atoms with Crippen molar-refractivity contribution >= 4 is 17.9 Å². The van der Waals surface area contributed by atoms with Crippen LogP contribution in [0.1, 0.15) is 32.1 Å². The largest absolute Gasteiger partial charge is 0.469 e. The molecular formula is C19H23N5O3. The van der Waals surface area contributed by atoms with Crippen LogP contribution < -0.4 is 10.6 Å². The van der Waals surface area contributed by atoms with Gasteiger partial charge in [0, 0.05) is 11.6 Å². The molecule has 27 heavy (non-hydrogen) atoms. The molecule has 2 aromatic rings. The summed E-state index contributed by atoms with van der Waals surface area (Å²) < 4.78 is 4.89. The van der Waals surface area contributed by atoms with Crippen LogP contribution in [-0.2, 0) is 9.53 Å². The third-order valence-electron chi connectivity index (χ3n) is 4.69. The molecular weight excluding hydrogens is 346 g/mol. The number of carbonyl (C=O) groups excluding carboxylic acids is 2. The molecule has 0 saturated heterocycles. The molecule has 2 amide bonds. The van der Waals surface area contributed by atoms with Crippen LogP contribution in [0.3, 0.4) is 0 Å². The molecule has 1 aliphatic rings. The molecule has 8 heteroatoms. The van der Waals surface area contributed by atoms with Crippen LogP contribution in [0.4, 0.5) is 10.7 Å². The molecule has 0 aliphatic heterocycles. The summed E-state index contributed by atoms with van der Waals surface area (Å²) in [6, 6.07) is 8.79. The molecule has 1 aromatic heterocycles. The molecule has 0 unspecified atom stereocenters. The van der Waals surface area contributed by atoms with Gasteiger partial charge in [-0.3, -0.25) is 10.1 Å². The average Bonchev–Trinajstić information content (AvgIpc) is 2.93. The first kappa shape index (κ1) is 18.8. The van der Waals surface area contributed by atoms with Gasteiger partial charge in [-0.2, -0.15) is 5.10 Å². The van der Waals surface area contributed by atoms with Crippen LogP contribution in [0.5, 0.6) is 0 Å². The van der Waals surface area contributed by atoms with Gasteiger partial charge in [-0.1, -0.05) is 49.6 Å². The van der Waals surface area contributed by atoms with E-state index >= 15 is 0 Å². The normalized spacial score (nSPS) is 19.6. The fraction of sp³-hybridized carbons (Fsp3) is 0.421. The number of esters is 1. The number of amides is 2. The van der Waals surface area contributed by atoms with Gasteiger partial charge in [-0.15, -0.1) is 5.10 Å². The Morgan fingerprint density at radius 1 is 1.11 bits per heavy atom. The summed E-state index contributed by atoms with van der Waals surface area (Å²) in [6.45, 7) is 0. The molecule has 1 aromatic carbocycles. The molecule has 2 atom stereocenters. The molecule has 2 N–H and O–H groups in total. The van der Waals surface area contributed by atoms with Crippen molar-refractivity contribution in [1.82, 2.24) is 20.5 Å². The summed E-state index contributed by atoms with van der Waals surface area (Å²) in [5, 5.41) is 13.2. The summed E-state index contributed by atoms with van der Waals surface area (Å²) in [5.74, 6) is -0.513. The number of aromatic nitrogens is 3. The van der Waals surface area contributed by atoms with E-state index in [1.807, 2.05) is 30.3 Å². The monoisotopic (exact) mass is 369 g/mol. The molecule has 3 rings (SSSR count). The second-order valence-electron chi connectivity index (χ2n) is 6.50. The summed E-state index contributed by atoms with van der Waals surface area (Å²) in [4.78, 5) is 28.8. The summed E-state index contributed by atoms with van der Waals surface area (Å²) >= 11 is 0. The maximum absolute atomic E-state index is 12.4. The van der Waals surface area contributed by atoms with Crippen molar-refractivity contribution in [2.45, 2.75) is 38.1 Å². The fourth-order valence-corrected chi connectivity index (χ4v) is 3.32. The smallest absolute Gasteiger partial charge is 0.321 e. The second kappa shape index (κ2) is 9.07. The number of carbonyl (C=O) groups is 2. The third kappa shape index (κ3) is 4.99. The molecule has 1 aliphatic carbocycles. The third-order valence-corrected chi connectivity index (χ3v) is 4.69. The van der Waals surface area contributed by atoms with Gasteiger partial charge in [0.1, 0.15) is 0 Å². The van der Waals surface area contributed by atoms with Crippen LogP contribution >= 0.6 is 0 Å². The topological polar surface area (TPSA) is 106 Å². The quantitative estimate of drug-likeness (QED) is 0.634. The Morgan fingerprint density at radius 3 is 2.67 bits per heavy atom. The highest BCUT2D eigenvalue weighted by Crippen LogP contribution is 2.24. The zero-order chi connectivity index (χ0) is 19.1. The molecule has 1 fully saturated rings. The standard InChI is InChI=1S/C19H23N5O3/c1-27-17(25)14-10-6-3-7-11-15(14)22-19(26)23-18-21-16(12-20-24-18)13-8-4-2-5-9-13/h2,4-5,8-9,12,14-15H,3,6-7,10-11H2,1H3,(H2,21,22,23,24,26)/t14-,15+/m1/s1. The lowest BCUT2D eigenvalue weighted by Crippen LogP contribution is -2.45. The van der Waals surface area contributed by atoms with E-state index in [1.54, 1.807) is 0 Å². The predicted molar refractivity (Wildman–Crippen MR) is 99.8 cm³/mol. The van der Waals surface area contributed by atoms with Crippen molar-refractivity contribution in [3.63, 3.8) is 0 Å². The average molecular weight is 369 g/mol. The van der Waals surface area contributed by atoms with Crippen LogP contribution in [0, 0.1) is 5.92 Å². The van der Waals surface area contributed by atoms with E-state index in [9.17, 15) is 9.59 Å².